The second kappa shape index (κ2) is 8.04. The molecule has 0 bridgehead atoms. The number of aryl methyl sites for hydroxylation is 1. The van der Waals surface area contributed by atoms with Gasteiger partial charge in [0.1, 0.15) is 11.5 Å². The van der Waals surface area contributed by atoms with Crippen LogP contribution in [0.1, 0.15) is 24.1 Å². The zero-order valence-corrected chi connectivity index (χ0v) is 16.3. The lowest BCUT2D eigenvalue weighted by Gasteiger charge is -2.30. The highest BCUT2D eigenvalue weighted by Gasteiger charge is 2.33. The van der Waals surface area contributed by atoms with Crippen molar-refractivity contribution in [2.45, 2.75) is 19.9 Å². The summed E-state index contributed by atoms with van der Waals surface area (Å²) >= 11 is 0. The van der Waals surface area contributed by atoms with Crippen LogP contribution in [-0.4, -0.2) is 26.2 Å². The Hall–Kier alpha value is -3.48. The van der Waals surface area contributed by atoms with E-state index < -0.39 is 6.04 Å². The summed E-state index contributed by atoms with van der Waals surface area (Å²) in [7, 11) is 3.09. The number of allylic oxidation sites excluding steroid dienone is 1. The van der Waals surface area contributed by atoms with Gasteiger partial charge in [-0.3, -0.25) is 4.79 Å². The third-order valence-electron chi connectivity index (χ3n) is 4.65. The first-order chi connectivity index (χ1) is 13.4. The van der Waals surface area contributed by atoms with Gasteiger partial charge < -0.3 is 25.4 Å². The van der Waals surface area contributed by atoms with E-state index in [0.29, 0.717) is 34.0 Å². The van der Waals surface area contributed by atoms with E-state index in [0.717, 1.165) is 5.56 Å². The Bertz CT molecular complexity index is 952. The molecule has 1 aliphatic rings. The number of amides is 3. The minimum absolute atomic E-state index is 0.311. The molecule has 3 N–H and O–H groups in total. The van der Waals surface area contributed by atoms with Crippen molar-refractivity contribution < 1.29 is 19.1 Å². The van der Waals surface area contributed by atoms with E-state index >= 15 is 0 Å². The number of ether oxygens (including phenoxy) is 2. The van der Waals surface area contributed by atoms with Crippen LogP contribution in [-0.2, 0) is 4.79 Å². The summed E-state index contributed by atoms with van der Waals surface area (Å²) < 4.78 is 10.8. The van der Waals surface area contributed by atoms with E-state index in [4.69, 9.17) is 9.47 Å². The topological polar surface area (TPSA) is 88.7 Å². The maximum absolute atomic E-state index is 13.1. The molecule has 1 atom stereocenters. The number of urea groups is 1. The van der Waals surface area contributed by atoms with E-state index in [1.165, 1.54) is 7.11 Å². The van der Waals surface area contributed by atoms with Gasteiger partial charge in [-0.15, -0.1) is 0 Å². The minimum Gasteiger partial charge on any atom is -0.497 e. The summed E-state index contributed by atoms with van der Waals surface area (Å²) in [4.78, 5) is 25.3. The lowest BCUT2D eigenvalue weighted by molar-refractivity contribution is -0.113. The van der Waals surface area contributed by atoms with Crippen molar-refractivity contribution >= 4 is 17.6 Å². The summed E-state index contributed by atoms with van der Waals surface area (Å²) in [5.41, 5.74) is 3.16. The monoisotopic (exact) mass is 381 g/mol. The molecule has 2 aromatic rings. The molecule has 0 fully saturated rings. The normalized spacial score (nSPS) is 16.1. The Morgan fingerprint density at radius 3 is 2.50 bits per heavy atom. The van der Waals surface area contributed by atoms with Gasteiger partial charge in [0.2, 0.25) is 0 Å². The minimum atomic E-state index is -0.692. The van der Waals surface area contributed by atoms with Crippen LogP contribution in [0.5, 0.6) is 11.5 Å². The summed E-state index contributed by atoms with van der Waals surface area (Å²) in [6, 6.07) is 11.7. The highest BCUT2D eigenvalue weighted by molar-refractivity contribution is 6.07. The predicted octanol–water partition coefficient (Wildman–Crippen LogP) is 3.28. The van der Waals surface area contributed by atoms with Crippen molar-refractivity contribution in [2.24, 2.45) is 0 Å². The van der Waals surface area contributed by atoms with Gasteiger partial charge in [0.05, 0.1) is 25.8 Å². The maximum atomic E-state index is 13.1. The maximum Gasteiger partial charge on any atom is 0.319 e. The van der Waals surface area contributed by atoms with E-state index in [1.807, 2.05) is 31.2 Å². The summed E-state index contributed by atoms with van der Waals surface area (Å²) in [6.45, 7) is 3.62. The molecule has 0 saturated heterocycles. The highest BCUT2D eigenvalue weighted by atomic mass is 16.5. The molecule has 146 valence electrons. The van der Waals surface area contributed by atoms with Crippen LogP contribution in [0.15, 0.2) is 53.7 Å². The lowest BCUT2D eigenvalue weighted by Crippen LogP contribution is -2.46. The number of para-hydroxylation sites is 1. The molecule has 3 rings (SSSR count). The number of benzene rings is 2. The molecule has 28 heavy (non-hydrogen) atoms. The van der Waals surface area contributed by atoms with Crippen LogP contribution in [0.3, 0.4) is 0 Å². The van der Waals surface area contributed by atoms with Gasteiger partial charge in [-0.25, -0.2) is 4.79 Å². The first-order valence-electron chi connectivity index (χ1n) is 8.81. The SMILES string of the molecule is COc1ccc(OC)c([C@@H]2NC(=O)NC(C)=C2C(=O)Nc2ccccc2C)c1. The van der Waals surface area contributed by atoms with Gasteiger partial charge in [-0.05, 0) is 43.7 Å². The molecule has 7 nitrogen and oxygen atoms in total. The van der Waals surface area contributed by atoms with Crippen LogP contribution in [0, 0.1) is 6.92 Å². The van der Waals surface area contributed by atoms with Crippen LogP contribution in [0.25, 0.3) is 0 Å². The van der Waals surface area contributed by atoms with E-state index in [2.05, 4.69) is 16.0 Å². The van der Waals surface area contributed by atoms with Gasteiger partial charge >= 0.3 is 6.03 Å². The molecular weight excluding hydrogens is 358 g/mol. The Labute approximate surface area is 163 Å². The molecule has 1 heterocycles. The van der Waals surface area contributed by atoms with Crippen LogP contribution in [0.2, 0.25) is 0 Å². The zero-order chi connectivity index (χ0) is 20.3. The molecule has 0 aromatic heterocycles. The van der Waals surface area contributed by atoms with Gasteiger partial charge in [0.25, 0.3) is 5.91 Å². The number of nitrogens with one attached hydrogen (secondary N) is 3. The molecular formula is C21H23N3O4. The Morgan fingerprint density at radius 2 is 1.82 bits per heavy atom. The Morgan fingerprint density at radius 1 is 1.07 bits per heavy atom. The van der Waals surface area contributed by atoms with Crippen molar-refractivity contribution in [3.63, 3.8) is 0 Å². The highest BCUT2D eigenvalue weighted by Crippen LogP contribution is 2.36. The molecule has 3 amide bonds. The first-order valence-corrected chi connectivity index (χ1v) is 8.81. The van der Waals surface area contributed by atoms with Crippen molar-refractivity contribution in [1.82, 2.24) is 10.6 Å². The zero-order valence-electron chi connectivity index (χ0n) is 16.3. The number of carbonyl (C=O) groups excluding carboxylic acids is 2. The lowest BCUT2D eigenvalue weighted by atomic mass is 9.93. The quantitative estimate of drug-likeness (QED) is 0.742. The first kappa shape index (κ1) is 19.3. The fourth-order valence-electron chi connectivity index (χ4n) is 3.20. The second-order valence-electron chi connectivity index (χ2n) is 6.45. The average molecular weight is 381 g/mol. The average Bonchev–Trinajstić information content (AvgIpc) is 2.68. The molecule has 0 spiro atoms. The third-order valence-corrected chi connectivity index (χ3v) is 4.65. The second-order valence-corrected chi connectivity index (χ2v) is 6.45. The fourth-order valence-corrected chi connectivity index (χ4v) is 3.20. The molecule has 2 aromatic carbocycles. The standard InChI is InChI=1S/C21H23N3O4/c1-12-7-5-6-8-16(12)23-20(25)18-13(2)22-21(26)24-19(18)15-11-14(27-3)9-10-17(15)28-4/h5-11,19H,1-4H3,(H,23,25)(H2,22,24,26)/t19-/m0/s1. The Balaban J connectivity index is 2.04. The van der Waals surface area contributed by atoms with Crippen LogP contribution < -0.4 is 25.4 Å². The predicted molar refractivity (Wildman–Crippen MR) is 106 cm³/mol. The molecule has 0 saturated carbocycles. The summed E-state index contributed by atoms with van der Waals surface area (Å²) in [5, 5.41) is 8.42. The summed E-state index contributed by atoms with van der Waals surface area (Å²) in [6.07, 6.45) is 0. The van der Waals surface area contributed by atoms with Gasteiger partial charge in [0.15, 0.2) is 0 Å². The van der Waals surface area contributed by atoms with E-state index in [-0.39, 0.29) is 11.9 Å². The molecule has 1 aliphatic heterocycles. The Kier molecular flexibility index (Phi) is 5.54. The van der Waals surface area contributed by atoms with Gasteiger partial charge in [0, 0.05) is 16.9 Å². The number of anilines is 1. The number of carbonyl (C=O) groups is 2. The molecule has 0 aliphatic carbocycles. The number of hydrogen-bond donors (Lipinski definition) is 3. The molecule has 7 heteroatoms. The van der Waals surface area contributed by atoms with Crippen molar-refractivity contribution in [2.75, 3.05) is 19.5 Å². The van der Waals surface area contributed by atoms with Crippen molar-refractivity contribution in [3.05, 3.63) is 64.9 Å². The van der Waals surface area contributed by atoms with Gasteiger partial charge in [-0.1, -0.05) is 18.2 Å². The summed E-state index contributed by atoms with van der Waals surface area (Å²) in [5.74, 6) is 0.830. The fraction of sp³-hybridized carbons (Fsp3) is 0.238. The van der Waals surface area contributed by atoms with Crippen LogP contribution >= 0.6 is 0 Å². The van der Waals surface area contributed by atoms with Crippen molar-refractivity contribution in [1.29, 1.82) is 0 Å². The van der Waals surface area contributed by atoms with E-state index in [1.54, 1.807) is 32.2 Å². The third kappa shape index (κ3) is 3.78. The number of hydrogen-bond acceptors (Lipinski definition) is 4. The van der Waals surface area contributed by atoms with Crippen LogP contribution in [0.4, 0.5) is 10.5 Å². The van der Waals surface area contributed by atoms with Gasteiger partial charge in [-0.2, -0.15) is 0 Å². The molecule has 0 radical (unpaired) electrons. The smallest absolute Gasteiger partial charge is 0.319 e. The largest absolute Gasteiger partial charge is 0.497 e. The molecule has 0 unspecified atom stereocenters. The number of methoxy groups -OCH3 is 2. The number of rotatable bonds is 5. The van der Waals surface area contributed by atoms with E-state index in [9.17, 15) is 9.59 Å². The van der Waals surface area contributed by atoms with Crippen molar-refractivity contribution in [3.8, 4) is 11.5 Å².